The van der Waals surface area contributed by atoms with E-state index in [4.69, 9.17) is 5.73 Å². The molecule has 0 amide bonds. The monoisotopic (exact) mass is 270 g/mol. The number of halogens is 1. The van der Waals surface area contributed by atoms with Gasteiger partial charge in [-0.15, -0.1) is 0 Å². The molecule has 0 heterocycles. The van der Waals surface area contributed by atoms with Crippen LogP contribution >= 0.6 is 15.9 Å². The topological polar surface area (TPSA) is 29.3 Å². The van der Waals surface area contributed by atoms with Gasteiger partial charge in [-0.25, -0.2) is 0 Å². The molecule has 0 saturated carbocycles. The molecule has 0 saturated heterocycles. The van der Waals surface area contributed by atoms with Gasteiger partial charge in [-0.3, -0.25) is 0 Å². The van der Waals surface area contributed by atoms with Crippen molar-refractivity contribution in [2.24, 2.45) is 5.73 Å². The minimum absolute atomic E-state index is 0.589. The smallest absolute Gasteiger partial charge is 0.0409 e. The summed E-state index contributed by atoms with van der Waals surface area (Å²) in [5.41, 5.74) is 8.18. The normalized spacial score (nSPS) is 10.4. The summed E-state index contributed by atoms with van der Waals surface area (Å²) >= 11 is 3.46. The fourth-order valence-corrected chi connectivity index (χ4v) is 2.01. The van der Waals surface area contributed by atoms with E-state index in [1.54, 1.807) is 0 Å². The van der Waals surface area contributed by atoms with Gasteiger partial charge in [-0.2, -0.15) is 0 Å². The van der Waals surface area contributed by atoms with Crippen LogP contribution in [-0.4, -0.2) is 13.6 Å². The van der Waals surface area contributed by atoms with E-state index >= 15 is 0 Å². The number of hydrogen-bond acceptors (Lipinski definition) is 2. The van der Waals surface area contributed by atoms with E-state index in [1.165, 1.54) is 24.1 Å². The number of benzene rings is 1. The first-order valence-corrected chi connectivity index (χ1v) is 6.18. The third kappa shape index (κ3) is 3.50. The van der Waals surface area contributed by atoms with Gasteiger partial charge in [0.2, 0.25) is 0 Å². The summed E-state index contributed by atoms with van der Waals surface area (Å²) in [5, 5.41) is 0. The van der Waals surface area contributed by atoms with Crippen molar-refractivity contribution in [3.05, 3.63) is 28.2 Å². The molecule has 0 aromatic heterocycles. The summed E-state index contributed by atoms with van der Waals surface area (Å²) in [6.07, 6.45) is 2.44. The number of nitrogens with two attached hydrogens (primary N) is 1. The second-order valence-electron chi connectivity index (χ2n) is 3.75. The van der Waals surface area contributed by atoms with E-state index in [0.717, 1.165) is 11.0 Å². The van der Waals surface area contributed by atoms with Gasteiger partial charge in [0.25, 0.3) is 0 Å². The molecule has 0 bridgehead atoms. The molecule has 1 aromatic rings. The van der Waals surface area contributed by atoms with E-state index in [1.807, 2.05) is 0 Å². The van der Waals surface area contributed by atoms with Gasteiger partial charge in [0.1, 0.15) is 0 Å². The van der Waals surface area contributed by atoms with E-state index in [0.29, 0.717) is 6.54 Å². The van der Waals surface area contributed by atoms with Crippen LogP contribution in [0.1, 0.15) is 25.3 Å². The van der Waals surface area contributed by atoms with Crippen LogP contribution in [0.3, 0.4) is 0 Å². The molecule has 3 heteroatoms. The molecule has 84 valence electrons. The van der Waals surface area contributed by atoms with Crippen LogP contribution in [0.15, 0.2) is 22.7 Å². The van der Waals surface area contributed by atoms with Gasteiger partial charge in [0.15, 0.2) is 0 Å². The Hall–Kier alpha value is -0.540. The predicted molar refractivity (Wildman–Crippen MR) is 70.2 cm³/mol. The van der Waals surface area contributed by atoms with E-state index in [2.05, 4.69) is 53.0 Å². The Morgan fingerprint density at radius 1 is 1.40 bits per heavy atom. The molecule has 1 aromatic carbocycles. The lowest BCUT2D eigenvalue weighted by molar-refractivity contribution is 0.763. The summed E-state index contributed by atoms with van der Waals surface area (Å²) in [5.74, 6) is 0. The number of hydrogen-bond donors (Lipinski definition) is 1. The predicted octanol–water partition coefficient (Wildman–Crippen LogP) is 3.14. The van der Waals surface area contributed by atoms with Gasteiger partial charge in [0.05, 0.1) is 0 Å². The Morgan fingerprint density at radius 3 is 2.73 bits per heavy atom. The molecule has 0 spiro atoms. The highest BCUT2D eigenvalue weighted by Crippen LogP contribution is 2.23. The zero-order valence-electron chi connectivity index (χ0n) is 9.46. The molecule has 15 heavy (non-hydrogen) atoms. The SMILES string of the molecule is CCCCN(C)c1ccc(Br)cc1CN. The average molecular weight is 271 g/mol. The number of anilines is 1. The van der Waals surface area contributed by atoms with Crippen molar-refractivity contribution < 1.29 is 0 Å². The van der Waals surface area contributed by atoms with Crippen LogP contribution in [0, 0.1) is 0 Å². The molecule has 1 rings (SSSR count). The molecule has 2 N–H and O–H groups in total. The summed E-state index contributed by atoms with van der Waals surface area (Å²) in [6.45, 7) is 3.88. The maximum Gasteiger partial charge on any atom is 0.0409 e. The molecule has 0 fully saturated rings. The second kappa shape index (κ2) is 6.13. The summed E-state index contributed by atoms with van der Waals surface area (Å²) in [7, 11) is 2.12. The first-order chi connectivity index (χ1) is 7.19. The first-order valence-electron chi connectivity index (χ1n) is 5.38. The lowest BCUT2D eigenvalue weighted by Gasteiger charge is -2.22. The van der Waals surface area contributed by atoms with Crippen molar-refractivity contribution in [1.82, 2.24) is 0 Å². The van der Waals surface area contributed by atoms with Gasteiger partial charge in [-0.1, -0.05) is 29.3 Å². The zero-order valence-corrected chi connectivity index (χ0v) is 11.0. The van der Waals surface area contributed by atoms with Gasteiger partial charge in [0, 0.05) is 30.3 Å². The maximum atomic E-state index is 5.74. The van der Waals surface area contributed by atoms with Crippen LogP contribution in [-0.2, 0) is 6.54 Å². The van der Waals surface area contributed by atoms with Crippen LogP contribution < -0.4 is 10.6 Å². The standard InChI is InChI=1S/C12H19BrN2/c1-3-4-7-15(2)12-6-5-11(13)8-10(12)9-14/h5-6,8H,3-4,7,9,14H2,1-2H3. The molecule has 0 atom stereocenters. The fourth-order valence-electron chi connectivity index (χ4n) is 1.61. The third-order valence-corrected chi connectivity index (χ3v) is 3.01. The molecule has 0 aliphatic heterocycles. The Labute approximate surface area is 101 Å². The van der Waals surface area contributed by atoms with E-state index in [9.17, 15) is 0 Å². The number of nitrogens with zero attached hydrogens (tertiary/aromatic N) is 1. The average Bonchev–Trinajstić information content (AvgIpc) is 2.25. The molecule has 2 nitrogen and oxygen atoms in total. The van der Waals surface area contributed by atoms with Crippen molar-refractivity contribution in [3.63, 3.8) is 0 Å². The van der Waals surface area contributed by atoms with Crippen LogP contribution in [0.5, 0.6) is 0 Å². The molecule has 0 unspecified atom stereocenters. The van der Waals surface area contributed by atoms with Crippen molar-refractivity contribution in [1.29, 1.82) is 0 Å². The Morgan fingerprint density at radius 2 is 2.13 bits per heavy atom. The van der Waals surface area contributed by atoms with E-state index < -0.39 is 0 Å². The fraction of sp³-hybridized carbons (Fsp3) is 0.500. The maximum absolute atomic E-state index is 5.74. The Kier molecular flexibility index (Phi) is 5.12. The summed E-state index contributed by atoms with van der Waals surface area (Å²) < 4.78 is 1.09. The molecule has 0 aliphatic carbocycles. The van der Waals surface area contributed by atoms with Crippen molar-refractivity contribution in [2.75, 3.05) is 18.5 Å². The summed E-state index contributed by atoms with van der Waals surface area (Å²) in [4.78, 5) is 2.28. The first kappa shape index (κ1) is 12.5. The number of unbranched alkanes of at least 4 members (excludes halogenated alkanes) is 1. The molecule has 0 radical (unpaired) electrons. The van der Waals surface area contributed by atoms with Crippen molar-refractivity contribution >= 4 is 21.6 Å². The second-order valence-corrected chi connectivity index (χ2v) is 4.67. The third-order valence-electron chi connectivity index (χ3n) is 2.52. The number of rotatable bonds is 5. The lowest BCUT2D eigenvalue weighted by atomic mass is 10.1. The van der Waals surface area contributed by atoms with Crippen molar-refractivity contribution in [3.8, 4) is 0 Å². The minimum atomic E-state index is 0.589. The lowest BCUT2D eigenvalue weighted by Crippen LogP contribution is -2.20. The Balaban J connectivity index is 2.82. The van der Waals surface area contributed by atoms with Crippen LogP contribution in [0.25, 0.3) is 0 Å². The van der Waals surface area contributed by atoms with Gasteiger partial charge < -0.3 is 10.6 Å². The molecular formula is C12H19BrN2. The van der Waals surface area contributed by atoms with E-state index in [-0.39, 0.29) is 0 Å². The highest BCUT2D eigenvalue weighted by Gasteiger charge is 2.06. The molecule has 0 aliphatic rings. The minimum Gasteiger partial charge on any atom is -0.374 e. The quantitative estimate of drug-likeness (QED) is 0.891. The van der Waals surface area contributed by atoms with Crippen LogP contribution in [0.4, 0.5) is 5.69 Å². The largest absolute Gasteiger partial charge is 0.374 e. The molecular weight excluding hydrogens is 252 g/mol. The van der Waals surface area contributed by atoms with Gasteiger partial charge >= 0.3 is 0 Å². The highest BCUT2D eigenvalue weighted by atomic mass is 79.9. The summed E-state index contributed by atoms with van der Waals surface area (Å²) in [6, 6.07) is 6.29. The zero-order chi connectivity index (χ0) is 11.3. The Bertz CT molecular complexity index is 312. The van der Waals surface area contributed by atoms with Gasteiger partial charge in [-0.05, 0) is 30.2 Å². The van der Waals surface area contributed by atoms with Crippen molar-refractivity contribution in [2.45, 2.75) is 26.3 Å². The highest BCUT2D eigenvalue weighted by molar-refractivity contribution is 9.10. The van der Waals surface area contributed by atoms with Crippen LogP contribution in [0.2, 0.25) is 0 Å².